The van der Waals surface area contributed by atoms with Crippen molar-refractivity contribution in [3.05, 3.63) is 74.3 Å². The van der Waals surface area contributed by atoms with Crippen molar-refractivity contribution in [1.29, 1.82) is 0 Å². The van der Waals surface area contributed by atoms with Gasteiger partial charge in [0.25, 0.3) is 11.6 Å². The number of amides is 1. The van der Waals surface area contributed by atoms with Gasteiger partial charge in [-0.05, 0) is 43.8 Å². The van der Waals surface area contributed by atoms with Gasteiger partial charge >= 0.3 is 0 Å². The summed E-state index contributed by atoms with van der Waals surface area (Å²) >= 11 is 5.80. The number of benzene rings is 2. The van der Waals surface area contributed by atoms with Crippen molar-refractivity contribution >= 4 is 23.2 Å². The molecule has 138 valence electrons. The lowest BCUT2D eigenvalue weighted by Crippen LogP contribution is -2.34. The third-order valence-corrected chi connectivity index (χ3v) is 4.49. The molecular formula is C19H22ClN3O3. The number of hydrogen-bond acceptors (Lipinski definition) is 4. The molecule has 0 fully saturated rings. The molecule has 0 spiro atoms. The molecule has 26 heavy (non-hydrogen) atoms. The number of nitro benzene ring substituents is 1. The maximum Gasteiger partial charge on any atom is 0.283 e. The number of carbonyl (C=O) groups excluding carboxylic acids is 1. The molecular weight excluding hydrogens is 354 g/mol. The van der Waals surface area contributed by atoms with E-state index in [1.807, 2.05) is 31.1 Å². The van der Waals surface area contributed by atoms with Crippen LogP contribution < -0.4 is 5.32 Å². The number of nitrogens with one attached hydrogen (secondary N) is 1. The lowest BCUT2D eigenvalue weighted by Gasteiger charge is -2.25. The number of nitro groups is 1. The highest BCUT2D eigenvalue weighted by Crippen LogP contribution is 2.24. The van der Waals surface area contributed by atoms with Crippen LogP contribution in [0.25, 0.3) is 0 Å². The number of rotatable bonds is 7. The van der Waals surface area contributed by atoms with Gasteiger partial charge < -0.3 is 10.2 Å². The molecule has 0 saturated carbocycles. The highest BCUT2D eigenvalue weighted by molar-refractivity contribution is 6.31. The zero-order valence-corrected chi connectivity index (χ0v) is 15.8. The second-order valence-corrected chi connectivity index (χ2v) is 6.64. The number of nitrogens with zero attached hydrogens (tertiary/aromatic N) is 2. The Morgan fingerprint density at radius 2 is 1.88 bits per heavy atom. The molecule has 0 aromatic heterocycles. The molecule has 6 nitrogen and oxygen atoms in total. The Kier molecular flexibility index (Phi) is 6.71. The summed E-state index contributed by atoms with van der Waals surface area (Å²) in [7, 11) is 3.85. The summed E-state index contributed by atoms with van der Waals surface area (Å²) in [6.45, 7) is 2.43. The fourth-order valence-corrected chi connectivity index (χ4v) is 2.87. The Labute approximate surface area is 157 Å². The monoisotopic (exact) mass is 375 g/mol. The molecule has 0 saturated heterocycles. The lowest BCUT2D eigenvalue weighted by molar-refractivity contribution is -0.385. The minimum absolute atomic E-state index is 0.00163. The van der Waals surface area contributed by atoms with Crippen molar-refractivity contribution in [3.8, 4) is 0 Å². The van der Waals surface area contributed by atoms with E-state index < -0.39 is 10.8 Å². The van der Waals surface area contributed by atoms with E-state index in [1.54, 1.807) is 0 Å². The van der Waals surface area contributed by atoms with Crippen LogP contribution in [0.5, 0.6) is 0 Å². The van der Waals surface area contributed by atoms with Crippen molar-refractivity contribution in [1.82, 2.24) is 10.2 Å². The molecule has 1 amide bonds. The maximum absolute atomic E-state index is 12.5. The van der Waals surface area contributed by atoms with Crippen molar-refractivity contribution in [2.24, 2.45) is 0 Å². The van der Waals surface area contributed by atoms with Crippen molar-refractivity contribution in [3.63, 3.8) is 0 Å². The Balaban J connectivity index is 2.16. The third-order valence-electron chi connectivity index (χ3n) is 4.25. The van der Waals surface area contributed by atoms with Gasteiger partial charge in [-0.15, -0.1) is 0 Å². The summed E-state index contributed by atoms with van der Waals surface area (Å²) in [4.78, 5) is 25.0. The molecule has 1 atom stereocenters. The van der Waals surface area contributed by atoms with Crippen LogP contribution in [0.2, 0.25) is 5.02 Å². The van der Waals surface area contributed by atoms with Gasteiger partial charge in [0.15, 0.2) is 0 Å². The smallest absolute Gasteiger partial charge is 0.283 e. The van der Waals surface area contributed by atoms with Crippen LogP contribution in [0.3, 0.4) is 0 Å². The second kappa shape index (κ2) is 8.78. The minimum Gasteiger partial charge on any atom is -0.350 e. The molecule has 7 heteroatoms. The summed E-state index contributed by atoms with van der Waals surface area (Å²) < 4.78 is 0. The Morgan fingerprint density at radius 1 is 1.23 bits per heavy atom. The SMILES string of the molecule is CCc1ccc([C@@H](CNC(=O)c2ccc(Cl)cc2[N+](=O)[O-])N(C)C)cc1. The second-order valence-electron chi connectivity index (χ2n) is 6.20. The van der Waals surface area contributed by atoms with E-state index in [0.717, 1.165) is 12.0 Å². The maximum atomic E-state index is 12.5. The van der Waals surface area contributed by atoms with Crippen LogP contribution in [0.15, 0.2) is 42.5 Å². The van der Waals surface area contributed by atoms with Crippen LogP contribution >= 0.6 is 11.6 Å². The highest BCUT2D eigenvalue weighted by Gasteiger charge is 2.22. The summed E-state index contributed by atoms with van der Waals surface area (Å²) in [5.41, 5.74) is 2.01. The fourth-order valence-electron chi connectivity index (χ4n) is 2.71. The molecule has 0 aliphatic heterocycles. The van der Waals surface area contributed by atoms with Crippen LogP contribution in [-0.4, -0.2) is 36.4 Å². The first-order valence-corrected chi connectivity index (χ1v) is 8.68. The Bertz CT molecular complexity index is 791. The summed E-state index contributed by atoms with van der Waals surface area (Å²) in [6, 6.07) is 12.2. The van der Waals surface area contributed by atoms with Crippen LogP contribution in [0.4, 0.5) is 5.69 Å². The van der Waals surface area contributed by atoms with E-state index in [-0.39, 0.29) is 22.3 Å². The van der Waals surface area contributed by atoms with Gasteiger partial charge in [-0.3, -0.25) is 14.9 Å². The number of halogens is 1. The van der Waals surface area contributed by atoms with E-state index in [1.165, 1.54) is 23.8 Å². The van der Waals surface area contributed by atoms with Crippen molar-refractivity contribution < 1.29 is 9.72 Å². The lowest BCUT2D eigenvalue weighted by atomic mass is 10.0. The molecule has 2 aromatic carbocycles. The van der Waals surface area contributed by atoms with E-state index in [9.17, 15) is 14.9 Å². The van der Waals surface area contributed by atoms with Gasteiger partial charge in [0, 0.05) is 17.6 Å². The van der Waals surface area contributed by atoms with Crippen molar-refractivity contribution in [2.75, 3.05) is 20.6 Å². The van der Waals surface area contributed by atoms with E-state index in [4.69, 9.17) is 11.6 Å². The molecule has 2 rings (SSSR count). The number of likely N-dealkylation sites (N-methyl/N-ethyl adjacent to an activating group) is 1. The molecule has 0 heterocycles. The molecule has 2 aromatic rings. The normalized spacial score (nSPS) is 12.0. The van der Waals surface area contributed by atoms with E-state index >= 15 is 0 Å². The van der Waals surface area contributed by atoms with Crippen molar-refractivity contribution in [2.45, 2.75) is 19.4 Å². The predicted octanol–water partition coefficient (Wildman–Crippen LogP) is 3.84. The molecule has 1 N–H and O–H groups in total. The zero-order chi connectivity index (χ0) is 19.3. The van der Waals surface area contributed by atoms with Gasteiger partial charge in [-0.2, -0.15) is 0 Å². The first kappa shape index (κ1) is 19.9. The predicted molar refractivity (Wildman–Crippen MR) is 103 cm³/mol. The number of hydrogen-bond donors (Lipinski definition) is 1. The van der Waals surface area contributed by atoms with Gasteiger partial charge in [-0.1, -0.05) is 42.8 Å². The average molecular weight is 376 g/mol. The largest absolute Gasteiger partial charge is 0.350 e. The summed E-state index contributed by atoms with van der Waals surface area (Å²) in [6.07, 6.45) is 0.962. The minimum atomic E-state index is -0.603. The number of carbonyl (C=O) groups is 1. The van der Waals surface area contributed by atoms with Gasteiger partial charge in [-0.25, -0.2) is 0 Å². The zero-order valence-electron chi connectivity index (χ0n) is 15.0. The Hall–Kier alpha value is -2.44. The fraction of sp³-hybridized carbons (Fsp3) is 0.316. The first-order chi connectivity index (χ1) is 12.3. The third kappa shape index (κ3) is 4.80. The van der Waals surface area contributed by atoms with E-state index in [0.29, 0.717) is 6.54 Å². The van der Waals surface area contributed by atoms with Crippen LogP contribution in [-0.2, 0) is 6.42 Å². The van der Waals surface area contributed by atoms with Gasteiger partial charge in [0.1, 0.15) is 5.56 Å². The summed E-state index contributed by atoms with van der Waals surface area (Å²) in [5, 5.41) is 14.2. The first-order valence-electron chi connectivity index (χ1n) is 8.31. The van der Waals surface area contributed by atoms with Gasteiger partial charge in [0.2, 0.25) is 0 Å². The Morgan fingerprint density at radius 3 is 2.42 bits per heavy atom. The number of aryl methyl sites for hydroxylation is 1. The standard InChI is InChI=1S/C19H22ClN3O3/c1-4-13-5-7-14(8-6-13)18(22(2)3)12-21-19(24)16-10-9-15(20)11-17(16)23(25)26/h5-11,18H,4,12H2,1-3H3,(H,21,24)/t18-/m1/s1. The van der Waals surface area contributed by atoms with Crippen LogP contribution in [0, 0.1) is 10.1 Å². The molecule has 0 unspecified atom stereocenters. The highest BCUT2D eigenvalue weighted by atomic mass is 35.5. The van der Waals surface area contributed by atoms with Crippen LogP contribution in [0.1, 0.15) is 34.5 Å². The quantitative estimate of drug-likeness (QED) is 0.589. The molecule has 0 radical (unpaired) electrons. The molecule has 0 aliphatic carbocycles. The molecule has 0 bridgehead atoms. The van der Waals surface area contributed by atoms with Gasteiger partial charge in [0.05, 0.1) is 11.0 Å². The van der Waals surface area contributed by atoms with E-state index in [2.05, 4.69) is 24.4 Å². The summed E-state index contributed by atoms with van der Waals surface area (Å²) in [5.74, 6) is -0.495. The topological polar surface area (TPSA) is 75.5 Å². The molecule has 0 aliphatic rings. The average Bonchev–Trinajstić information content (AvgIpc) is 2.61.